The summed E-state index contributed by atoms with van der Waals surface area (Å²) in [7, 11) is -3.20. The van der Waals surface area contributed by atoms with Crippen LogP contribution in [0.4, 0.5) is 10.1 Å². The lowest BCUT2D eigenvalue weighted by atomic mass is 10.1. The SMILES string of the molecule is Cc1cc(NCC(C)(C)S(C)(=O)=O)c2cc(F)ccc2n1. The molecule has 0 aliphatic heterocycles. The van der Waals surface area contributed by atoms with Crippen molar-refractivity contribution in [1.29, 1.82) is 0 Å². The van der Waals surface area contributed by atoms with Crippen LogP contribution in [0.3, 0.4) is 0 Å². The number of fused-ring (bicyclic) bond motifs is 1. The maximum absolute atomic E-state index is 13.4. The van der Waals surface area contributed by atoms with Crippen molar-refractivity contribution in [3.05, 3.63) is 35.8 Å². The third-order valence-electron chi connectivity index (χ3n) is 3.61. The highest BCUT2D eigenvalue weighted by atomic mass is 32.2. The van der Waals surface area contributed by atoms with Gasteiger partial charge in [-0.05, 0) is 45.0 Å². The van der Waals surface area contributed by atoms with Crippen LogP contribution >= 0.6 is 0 Å². The number of aryl methyl sites for hydroxylation is 1. The van der Waals surface area contributed by atoms with Crippen molar-refractivity contribution in [3.8, 4) is 0 Å². The zero-order valence-corrected chi connectivity index (χ0v) is 13.4. The molecule has 1 aromatic heterocycles. The van der Waals surface area contributed by atoms with Gasteiger partial charge in [-0.25, -0.2) is 12.8 Å². The fourth-order valence-corrected chi connectivity index (χ4v) is 2.25. The number of hydrogen-bond acceptors (Lipinski definition) is 4. The summed E-state index contributed by atoms with van der Waals surface area (Å²) in [5.41, 5.74) is 2.15. The Labute approximate surface area is 124 Å². The summed E-state index contributed by atoms with van der Waals surface area (Å²) in [4.78, 5) is 4.35. The van der Waals surface area contributed by atoms with Crippen LogP contribution in [-0.4, -0.2) is 30.9 Å². The van der Waals surface area contributed by atoms with Gasteiger partial charge >= 0.3 is 0 Å². The van der Waals surface area contributed by atoms with Crippen molar-refractivity contribution in [2.24, 2.45) is 0 Å². The van der Waals surface area contributed by atoms with Gasteiger partial charge in [0.15, 0.2) is 9.84 Å². The summed E-state index contributed by atoms with van der Waals surface area (Å²) >= 11 is 0. The van der Waals surface area contributed by atoms with E-state index in [0.29, 0.717) is 16.6 Å². The molecule has 2 rings (SSSR count). The maximum Gasteiger partial charge on any atom is 0.154 e. The van der Waals surface area contributed by atoms with E-state index in [2.05, 4.69) is 10.3 Å². The van der Waals surface area contributed by atoms with Gasteiger partial charge in [0, 0.05) is 29.6 Å². The lowest BCUT2D eigenvalue weighted by Gasteiger charge is -2.24. The van der Waals surface area contributed by atoms with E-state index in [1.807, 2.05) is 6.92 Å². The second kappa shape index (κ2) is 5.26. The monoisotopic (exact) mass is 310 g/mol. The molecule has 0 spiro atoms. The van der Waals surface area contributed by atoms with E-state index in [9.17, 15) is 12.8 Å². The van der Waals surface area contributed by atoms with Crippen molar-refractivity contribution in [3.63, 3.8) is 0 Å². The molecule has 0 amide bonds. The van der Waals surface area contributed by atoms with E-state index in [4.69, 9.17) is 0 Å². The topological polar surface area (TPSA) is 59.1 Å². The molecule has 0 unspecified atom stereocenters. The Kier molecular flexibility index (Phi) is 3.93. The molecule has 1 heterocycles. The first kappa shape index (κ1) is 15.7. The molecule has 2 aromatic rings. The Bertz CT molecular complexity index is 786. The van der Waals surface area contributed by atoms with Gasteiger partial charge in [-0.15, -0.1) is 0 Å². The Morgan fingerprint density at radius 2 is 1.95 bits per heavy atom. The number of hydrogen-bond donors (Lipinski definition) is 1. The van der Waals surface area contributed by atoms with Gasteiger partial charge in [0.1, 0.15) is 5.82 Å². The van der Waals surface area contributed by atoms with Crippen LogP contribution in [0.15, 0.2) is 24.3 Å². The van der Waals surface area contributed by atoms with Crippen molar-refractivity contribution in [2.75, 3.05) is 18.1 Å². The van der Waals surface area contributed by atoms with Crippen LogP contribution in [0.2, 0.25) is 0 Å². The number of nitrogens with one attached hydrogen (secondary N) is 1. The molecule has 0 fully saturated rings. The van der Waals surface area contributed by atoms with E-state index in [-0.39, 0.29) is 12.4 Å². The number of aromatic nitrogens is 1. The summed E-state index contributed by atoms with van der Waals surface area (Å²) in [5, 5.41) is 3.76. The van der Waals surface area contributed by atoms with E-state index < -0.39 is 14.6 Å². The molecule has 4 nitrogen and oxygen atoms in total. The number of benzene rings is 1. The van der Waals surface area contributed by atoms with Crippen LogP contribution in [-0.2, 0) is 9.84 Å². The predicted molar refractivity (Wildman–Crippen MR) is 83.9 cm³/mol. The van der Waals surface area contributed by atoms with E-state index in [1.54, 1.807) is 26.0 Å². The highest BCUT2D eigenvalue weighted by Crippen LogP contribution is 2.25. The van der Waals surface area contributed by atoms with Gasteiger partial charge in [-0.2, -0.15) is 0 Å². The molecule has 114 valence electrons. The molecular formula is C15H19FN2O2S. The van der Waals surface area contributed by atoms with Gasteiger partial charge in [-0.3, -0.25) is 4.98 Å². The summed E-state index contributed by atoms with van der Waals surface area (Å²) in [6.45, 7) is 5.40. The Morgan fingerprint density at radius 3 is 2.57 bits per heavy atom. The third kappa shape index (κ3) is 3.32. The first-order valence-corrected chi connectivity index (χ1v) is 8.50. The molecule has 1 N–H and O–H groups in total. The Morgan fingerprint density at radius 1 is 1.29 bits per heavy atom. The normalized spacial score (nSPS) is 12.6. The molecule has 21 heavy (non-hydrogen) atoms. The average Bonchev–Trinajstić information content (AvgIpc) is 2.35. The molecule has 0 bridgehead atoms. The van der Waals surface area contributed by atoms with E-state index in [0.717, 1.165) is 5.69 Å². The van der Waals surface area contributed by atoms with Crippen molar-refractivity contribution in [2.45, 2.75) is 25.5 Å². The lowest BCUT2D eigenvalue weighted by Crippen LogP contribution is -2.38. The quantitative estimate of drug-likeness (QED) is 0.943. The molecule has 0 saturated heterocycles. The number of sulfone groups is 1. The highest BCUT2D eigenvalue weighted by Gasteiger charge is 2.30. The third-order valence-corrected chi connectivity index (χ3v) is 5.76. The zero-order valence-electron chi connectivity index (χ0n) is 12.6. The standard InChI is InChI=1S/C15H19FN2O2S/c1-10-7-14(17-9-15(2,3)21(4,19)20)12-8-11(16)5-6-13(12)18-10/h5-8H,9H2,1-4H3,(H,17,18). The van der Waals surface area contributed by atoms with Gasteiger partial charge < -0.3 is 5.32 Å². The second-order valence-electron chi connectivity index (χ2n) is 5.86. The summed E-state index contributed by atoms with van der Waals surface area (Å²) < 4.78 is 36.0. The summed E-state index contributed by atoms with van der Waals surface area (Å²) in [6, 6.07) is 6.17. The van der Waals surface area contributed by atoms with Crippen LogP contribution in [0, 0.1) is 12.7 Å². The maximum atomic E-state index is 13.4. The second-order valence-corrected chi connectivity index (χ2v) is 8.51. The van der Waals surface area contributed by atoms with Gasteiger partial charge in [0.2, 0.25) is 0 Å². The Balaban J connectivity index is 2.41. The van der Waals surface area contributed by atoms with Gasteiger partial charge in [0.05, 0.1) is 10.3 Å². The Hall–Kier alpha value is -1.69. The smallest absolute Gasteiger partial charge is 0.154 e. The number of halogens is 1. The van der Waals surface area contributed by atoms with Crippen molar-refractivity contribution in [1.82, 2.24) is 4.98 Å². The molecule has 0 atom stereocenters. The molecule has 0 aliphatic carbocycles. The molecule has 6 heteroatoms. The van der Waals surface area contributed by atoms with Crippen LogP contribution in [0.1, 0.15) is 19.5 Å². The average molecular weight is 310 g/mol. The summed E-state index contributed by atoms with van der Waals surface area (Å²) in [5.74, 6) is -0.349. The van der Waals surface area contributed by atoms with Crippen molar-refractivity contribution < 1.29 is 12.8 Å². The molecular weight excluding hydrogens is 291 g/mol. The van der Waals surface area contributed by atoms with Crippen LogP contribution in [0.5, 0.6) is 0 Å². The first-order chi connectivity index (χ1) is 9.60. The molecule has 0 radical (unpaired) electrons. The molecule has 1 aromatic carbocycles. The predicted octanol–water partition coefficient (Wildman–Crippen LogP) is 2.92. The minimum Gasteiger partial charge on any atom is -0.383 e. The fraction of sp³-hybridized carbons (Fsp3) is 0.400. The van der Waals surface area contributed by atoms with Gasteiger partial charge in [-0.1, -0.05) is 0 Å². The number of anilines is 1. The summed E-state index contributed by atoms with van der Waals surface area (Å²) in [6.07, 6.45) is 1.21. The number of rotatable bonds is 4. The largest absolute Gasteiger partial charge is 0.383 e. The zero-order chi connectivity index (χ0) is 15.8. The van der Waals surface area contributed by atoms with E-state index in [1.165, 1.54) is 18.4 Å². The van der Waals surface area contributed by atoms with Crippen LogP contribution < -0.4 is 5.32 Å². The minimum absolute atomic E-state index is 0.237. The minimum atomic E-state index is -3.20. The first-order valence-electron chi connectivity index (χ1n) is 6.60. The molecule has 0 saturated carbocycles. The van der Waals surface area contributed by atoms with Crippen molar-refractivity contribution >= 4 is 26.4 Å². The number of pyridine rings is 1. The molecule has 0 aliphatic rings. The fourth-order valence-electron chi connectivity index (χ4n) is 1.92. The number of nitrogens with zero attached hydrogens (tertiary/aromatic N) is 1. The van der Waals surface area contributed by atoms with Crippen LogP contribution in [0.25, 0.3) is 10.9 Å². The lowest BCUT2D eigenvalue weighted by molar-refractivity contribution is 0.560. The van der Waals surface area contributed by atoms with E-state index >= 15 is 0 Å². The highest BCUT2D eigenvalue weighted by molar-refractivity contribution is 7.92. The van der Waals surface area contributed by atoms with Gasteiger partial charge in [0.25, 0.3) is 0 Å².